The Morgan fingerprint density at radius 3 is 2.96 bits per heavy atom. The summed E-state index contributed by atoms with van der Waals surface area (Å²) in [6, 6.07) is 11.6. The van der Waals surface area contributed by atoms with Crippen LogP contribution in [0.25, 0.3) is 10.9 Å². The lowest BCUT2D eigenvalue weighted by molar-refractivity contribution is 0.0725. The SMILES string of the molecule is Cc1cnc(C2CCCN2C(=O)c2ccc3ccccc3n2)[nH]1. The van der Waals surface area contributed by atoms with E-state index in [1.807, 2.05) is 54.4 Å². The molecule has 3 aromatic rings. The molecule has 0 saturated carbocycles. The van der Waals surface area contributed by atoms with E-state index in [0.717, 1.165) is 41.8 Å². The summed E-state index contributed by atoms with van der Waals surface area (Å²) in [5.41, 5.74) is 2.37. The Balaban J connectivity index is 1.66. The molecular weight excluding hydrogens is 288 g/mol. The minimum Gasteiger partial charge on any atom is -0.344 e. The maximum absolute atomic E-state index is 12.9. The molecule has 3 heterocycles. The minimum atomic E-state index is -0.0210. The molecule has 5 nitrogen and oxygen atoms in total. The predicted molar refractivity (Wildman–Crippen MR) is 88.1 cm³/mol. The summed E-state index contributed by atoms with van der Waals surface area (Å²) in [6.07, 6.45) is 3.74. The van der Waals surface area contributed by atoms with Gasteiger partial charge in [0.05, 0.1) is 11.6 Å². The first-order valence-corrected chi connectivity index (χ1v) is 7.90. The second-order valence-corrected chi connectivity index (χ2v) is 6.00. The van der Waals surface area contributed by atoms with Crippen molar-refractivity contribution < 1.29 is 4.79 Å². The Labute approximate surface area is 134 Å². The Hall–Kier alpha value is -2.69. The molecule has 1 aromatic carbocycles. The second kappa shape index (κ2) is 5.50. The van der Waals surface area contributed by atoms with E-state index in [-0.39, 0.29) is 11.9 Å². The summed E-state index contributed by atoms with van der Waals surface area (Å²) in [5, 5.41) is 1.05. The smallest absolute Gasteiger partial charge is 0.273 e. The van der Waals surface area contributed by atoms with Crippen molar-refractivity contribution in [3.8, 4) is 0 Å². The summed E-state index contributed by atoms with van der Waals surface area (Å²) in [7, 11) is 0. The maximum atomic E-state index is 12.9. The lowest BCUT2D eigenvalue weighted by Gasteiger charge is -2.23. The lowest BCUT2D eigenvalue weighted by atomic mass is 10.1. The van der Waals surface area contributed by atoms with Gasteiger partial charge in [0.2, 0.25) is 0 Å². The van der Waals surface area contributed by atoms with E-state index in [2.05, 4.69) is 15.0 Å². The summed E-state index contributed by atoms with van der Waals surface area (Å²) >= 11 is 0. The third-order valence-corrected chi connectivity index (χ3v) is 4.37. The van der Waals surface area contributed by atoms with E-state index in [0.29, 0.717) is 5.69 Å². The fraction of sp³-hybridized carbons (Fsp3) is 0.278. The Morgan fingerprint density at radius 1 is 1.26 bits per heavy atom. The molecule has 1 amide bonds. The van der Waals surface area contributed by atoms with Crippen molar-refractivity contribution in [2.24, 2.45) is 0 Å². The fourth-order valence-electron chi connectivity index (χ4n) is 3.23. The number of likely N-dealkylation sites (tertiary alicyclic amines) is 1. The first kappa shape index (κ1) is 13.9. The van der Waals surface area contributed by atoms with E-state index in [1.54, 1.807) is 0 Å². The van der Waals surface area contributed by atoms with Crippen LogP contribution in [0.1, 0.15) is 40.9 Å². The number of para-hydroxylation sites is 1. The highest BCUT2D eigenvalue weighted by Crippen LogP contribution is 2.31. The van der Waals surface area contributed by atoms with Crippen molar-refractivity contribution >= 4 is 16.8 Å². The number of hydrogen-bond donors (Lipinski definition) is 1. The van der Waals surface area contributed by atoms with Crippen molar-refractivity contribution in [3.05, 3.63) is 59.8 Å². The van der Waals surface area contributed by atoms with Gasteiger partial charge in [0.1, 0.15) is 11.5 Å². The van der Waals surface area contributed by atoms with Crippen LogP contribution in [-0.4, -0.2) is 32.3 Å². The van der Waals surface area contributed by atoms with Crippen molar-refractivity contribution in [1.29, 1.82) is 0 Å². The zero-order valence-electron chi connectivity index (χ0n) is 13.0. The Bertz CT molecular complexity index is 870. The third-order valence-electron chi connectivity index (χ3n) is 4.37. The first-order chi connectivity index (χ1) is 11.2. The number of nitrogens with zero attached hydrogens (tertiary/aromatic N) is 3. The topological polar surface area (TPSA) is 61.9 Å². The van der Waals surface area contributed by atoms with Gasteiger partial charge in [-0.1, -0.05) is 24.3 Å². The molecule has 0 radical (unpaired) electrons. The molecule has 1 aliphatic rings. The van der Waals surface area contributed by atoms with Crippen LogP contribution in [0, 0.1) is 6.92 Å². The maximum Gasteiger partial charge on any atom is 0.273 e. The van der Waals surface area contributed by atoms with Crippen molar-refractivity contribution in [3.63, 3.8) is 0 Å². The Kier molecular flexibility index (Phi) is 3.33. The highest BCUT2D eigenvalue weighted by Gasteiger charge is 2.32. The van der Waals surface area contributed by atoms with Gasteiger partial charge in [-0.2, -0.15) is 0 Å². The largest absolute Gasteiger partial charge is 0.344 e. The molecule has 5 heteroatoms. The number of H-pyrrole nitrogens is 1. The molecule has 4 rings (SSSR count). The third kappa shape index (κ3) is 2.48. The number of hydrogen-bond acceptors (Lipinski definition) is 3. The van der Waals surface area contributed by atoms with Crippen LogP contribution < -0.4 is 0 Å². The van der Waals surface area contributed by atoms with Crippen LogP contribution in [0.5, 0.6) is 0 Å². The number of aromatic nitrogens is 3. The summed E-state index contributed by atoms with van der Waals surface area (Å²) in [6.45, 7) is 2.72. The quantitative estimate of drug-likeness (QED) is 0.790. The standard InChI is InChI=1S/C18H18N4O/c1-12-11-19-17(20-12)16-7-4-10-22(16)18(23)15-9-8-13-5-2-3-6-14(13)21-15/h2-3,5-6,8-9,11,16H,4,7,10H2,1H3,(H,19,20). The van der Waals surface area contributed by atoms with Gasteiger partial charge in [0.15, 0.2) is 0 Å². The molecule has 116 valence electrons. The van der Waals surface area contributed by atoms with E-state index >= 15 is 0 Å². The van der Waals surface area contributed by atoms with E-state index in [4.69, 9.17) is 0 Å². The van der Waals surface area contributed by atoms with Crippen LogP contribution in [0.4, 0.5) is 0 Å². The molecule has 0 bridgehead atoms. The number of aryl methyl sites for hydroxylation is 1. The Morgan fingerprint density at radius 2 is 2.13 bits per heavy atom. The van der Waals surface area contributed by atoms with Gasteiger partial charge >= 0.3 is 0 Å². The number of fused-ring (bicyclic) bond motifs is 1. The number of aromatic amines is 1. The first-order valence-electron chi connectivity index (χ1n) is 7.90. The molecule has 1 saturated heterocycles. The number of benzene rings is 1. The highest BCUT2D eigenvalue weighted by atomic mass is 16.2. The van der Waals surface area contributed by atoms with Crippen molar-refractivity contribution in [2.75, 3.05) is 6.54 Å². The van der Waals surface area contributed by atoms with Gasteiger partial charge in [0.25, 0.3) is 5.91 Å². The number of carbonyl (C=O) groups is 1. The second-order valence-electron chi connectivity index (χ2n) is 6.00. The average molecular weight is 306 g/mol. The van der Waals surface area contributed by atoms with Crippen LogP contribution in [0.3, 0.4) is 0 Å². The van der Waals surface area contributed by atoms with E-state index in [1.165, 1.54) is 0 Å². The molecule has 1 N–H and O–H groups in total. The number of rotatable bonds is 2. The normalized spacial score (nSPS) is 17.8. The van der Waals surface area contributed by atoms with E-state index < -0.39 is 0 Å². The number of imidazole rings is 1. The fourth-order valence-corrected chi connectivity index (χ4v) is 3.23. The predicted octanol–water partition coefficient (Wildman–Crippen LogP) is 3.24. The number of pyridine rings is 1. The monoisotopic (exact) mass is 306 g/mol. The van der Waals surface area contributed by atoms with Crippen LogP contribution >= 0.6 is 0 Å². The van der Waals surface area contributed by atoms with E-state index in [9.17, 15) is 4.79 Å². The van der Waals surface area contributed by atoms with Gasteiger partial charge in [-0.05, 0) is 31.9 Å². The van der Waals surface area contributed by atoms with Gasteiger partial charge < -0.3 is 9.88 Å². The van der Waals surface area contributed by atoms with Gasteiger partial charge in [-0.25, -0.2) is 9.97 Å². The summed E-state index contributed by atoms with van der Waals surface area (Å²) < 4.78 is 0. The molecule has 2 aromatic heterocycles. The summed E-state index contributed by atoms with van der Waals surface area (Å²) in [5.74, 6) is 0.849. The zero-order valence-corrected chi connectivity index (χ0v) is 13.0. The molecule has 0 spiro atoms. The van der Waals surface area contributed by atoms with Crippen molar-refractivity contribution in [1.82, 2.24) is 19.9 Å². The number of carbonyl (C=O) groups excluding carboxylic acids is 1. The highest BCUT2D eigenvalue weighted by molar-refractivity contribution is 5.95. The summed E-state index contributed by atoms with van der Waals surface area (Å²) in [4.78, 5) is 27.0. The zero-order chi connectivity index (χ0) is 15.8. The molecule has 1 fully saturated rings. The average Bonchev–Trinajstić information content (AvgIpc) is 3.22. The van der Waals surface area contributed by atoms with Crippen LogP contribution in [0.15, 0.2) is 42.6 Å². The van der Waals surface area contributed by atoms with Gasteiger partial charge in [0, 0.05) is 23.8 Å². The number of amides is 1. The molecule has 23 heavy (non-hydrogen) atoms. The van der Waals surface area contributed by atoms with Crippen molar-refractivity contribution in [2.45, 2.75) is 25.8 Å². The minimum absolute atomic E-state index is 0.0180. The molecule has 1 atom stereocenters. The molecule has 1 aliphatic heterocycles. The lowest BCUT2D eigenvalue weighted by Crippen LogP contribution is -2.31. The van der Waals surface area contributed by atoms with Crippen LogP contribution in [0.2, 0.25) is 0 Å². The molecule has 1 unspecified atom stereocenters. The number of nitrogens with one attached hydrogen (secondary N) is 1. The molecular formula is C18H18N4O. The molecule has 0 aliphatic carbocycles. The van der Waals surface area contributed by atoms with Gasteiger partial charge in [-0.15, -0.1) is 0 Å². The van der Waals surface area contributed by atoms with Crippen LogP contribution in [-0.2, 0) is 0 Å². The van der Waals surface area contributed by atoms with Gasteiger partial charge in [-0.3, -0.25) is 4.79 Å².